The molecule has 0 saturated carbocycles. The van der Waals surface area contributed by atoms with Crippen molar-refractivity contribution in [1.82, 2.24) is 5.32 Å². The first-order chi connectivity index (χ1) is 8.86. The van der Waals surface area contributed by atoms with Crippen LogP contribution in [0.5, 0.6) is 0 Å². The molecule has 0 aliphatic carbocycles. The molecule has 0 heterocycles. The number of ether oxygens (including phenoxy) is 1. The first-order valence-electron chi connectivity index (χ1n) is 7.19. The molecule has 0 saturated heterocycles. The highest BCUT2D eigenvalue weighted by Crippen LogP contribution is 2.12. The number of hydrogen-bond donors (Lipinski definition) is 1. The summed E-state index contributed by atoms with van der Waals surface area (Å²) in [6.45, 7) is 8.17. The van der Waals surface area contributed by atoms with Gasteiger partial charge in [0.1, 0.15) is 0 Å². The lowest BCUT2D eigenvalue weighted by atomic mass is 9.96. The van der Waals surface area contributed by atoms with Gasteiger partial charge in [0.25, 0.3) is 0 Å². The Balaban J connectivity index is 2.37. The Hall–Kier alpha value is -0.860. The molecule has 1 N–H and O–H groups in total. The van der Waals surface area contributed by atoms with Gasteiger partial charge in [-0.2, -0.15) is 0 Å². The largest absolute Gasteiger partial charge is 0.382 e. The van der Waals surface area contributed by atoms with E-state index in [0.29, 0.717) is 5.92 Å². The number of hydrogen-bond acceptors (Lipinski definition) is 2. The molecule has 0 aliphatic heterocycles. The van der Waals surface area contributed by atoms with Crippen molar-refractivity contribution in [2.45, 2.75) is 33.1 Å². The molecule has 1 rings (SSSR count). The summed E-state index contributed by atoms with van der Waals surface area (Å²) in [5.41, 5.74) is 1.43. The summed E-state index contributed by atoms with van der Waals surface area (Å²) in [5.74, 6) is 0.672. The molecule has 0 amide bonds. The van der Waals surface area contributed by atoms with Crippen LogP contribution in [-0.4, -0.2) is 26.3 Å². The first kappa shape index (κ1) is 15.2. The lowest BCUT2D eigenvalue weighted by molar-refractivity contribution is 0.131. The van der Waals surface area contributed by atoms with Crippen LogP contribution in [0.25, 0.3) is 0 Å². The predicted octanol–water partition coefficient (Wildman–Crippen LogP) is 3.27. The van der Waals surface area contributed by atoms with Crippen LogP contribution in [-0.2, 0) is 11.2 Å². The summed E-state index contributed by atoms with van der Waals surface area (Å²) in [4.78, 5) is 0. The van der Waals surface area contributed by atoms with Crippen molar-refractivity contribution in [2.75, 3.05) is 26.3 Å². The van der Waals surface area contributed by atoms with Gasteiger partial charge >= 0.3 is 0 Å². The van der Waals surface area contributed by atoms with E-state index in [-0.39, 0.29) is 0 Å². The van der Waals surface area contributed by atoms with Gasteiger partial charge in [0.15, 0.2) is 0 Å². The van der Waals surface area contributed by atoms with E-state index in [9.17, 15) is 0 Å². The number of benzene rings is 1. The summed E-state index contributed by atoms with van der Waals surface area (Å²) >= 11 is 0. The van der Waals surface area contributed by atoms with Gasteiger partial charge in [-0.1, -0.05) is 37.3 Å². The highest BCUT2D eigenvalue weighted by atomic mass is 16.5. The fraction of sp³-hybridized carbons (Fsp3) is 0.625. The van der Waals surface area contributed by atoms with Crippen LogP contribution in [0.2, 0.25) is 0 Å². The maximum Gasteiger partial charge on any atom is 0.0469 e. The molecule has 2 nitrogen and oxygen atoms in total. The van der Waals surface area contributed by atoms with Crippen molar-refractivity contribution in [1.29, 1.82) is 0 Å². The Morgan fingerprint density at radius 1 is 1.17 bits per heavy atom. The third-order valence-electron chi connectivity index (χ3n) is 3.10. The van der Waals surface area contributed by atoms with Gasteiger partial charge < -0.3 is 10.1 Å². The Labute approximate surface area is 112 Å². The fourth-order valence-electron chi connectivity index (χ4n) is 2.10. The van der Waals surface area contributed by atoms with Gasteiger partial charge in [-0.05, 0) is 50.8 Å². The van der Waals surface area contributed by atoms with E-state index in [4.69, 9.17) is 4.74 Å². The molecule has 0 aromatic heterocycles. The molecule has 1 aromatic rings. The Kier molecular flexibility index (Phi) is 8.53. The molecule has 0 fully saturated rings. The van der Waals surface area contributed by atoms with E-state index >= 15 is 0 Å². The Morgan fingerprint density at radius 2 is 1.94 bits per heavy atom. The van der Waals surface area contributed by atoms with Crippen LogP contribution in [0, 0.1) is 5.92 Å². The number of rotatable bonds is 10. The minimum atomic E-state index is 0.672. The molecule has 1 unspecified atom stereocenters. The third-order valence-corrected chi connectivity index (χ3v) is 3.10. The number of nitrogens with one attached hydrogen (secondary N) is 1. The van der Waals surface area contributed by atoms with Crippen molar-refractivity contribution in [3.8, 4) is 0 Å². The SMILES string of the molecule is CCCNCC(CCOCC)Cc1ccccc1. The third kappa shape index (κ3) is 6.77. The van der Waals surface area contributed by atoms with Crippen molar-refractivity contribution >= 4 is 0 Å². The standard InChI is InChI=1S/C16H27NO/c1-3-11-17-14-16(10-12-18-4-2)13-15-8-6-5-7-9-15/h5-9,16-17H,3-4,10-14H2,1-2H3. The van der Waals surface area contributed by atoms with Gasteiger partial charge in [-0.15, -0.1) is 0 Å². The lowest BCUT2D eigenvalue weighted by Crippen LogP contribution is -2.26. The average Bonchev–Trinajstić information content (AvgIpc) is 2.40. The molecule has 102 valence electrons. The molecule has 1 atom stereocenters. The average molecular weight is 249 g/mol. The van der Waals surface area contributed by atoms with Gasteiger partial charge in [0.2, 0.25) is 0 Å². The van der Waals surface area contributed by atoms with Crippen molar-refractivity contribution in [3.63, 3.8) is 0 Å². The molecule has 0 radical (unpaired) electrons. The van der Waals surface area contributed by atoms with Crippen LogP contribution in [0.1, 0.15) is 32.3 Å². The molecule has 1 aromatic carbocycles. The second-order valence-electron chi connectivity index (χ2n) is 4.75. The van der Waals surface area contributed by atoms with E-state index in [2.05, 4.69) is 49.5 Å². The van der Waals surface area contributed by atoms with E-state index in [1.165, 1.54) is 12.0 Å². The summed E-state index contributed by atoms with van der Waals surface area (Å²) in [7, 11) is 0. The summed E-state index contributed by atoms with van der Waals surface area (Å²) in [6, 6.07) is 10.7. The quantitative estimate of drug-likeness (QED) is 0.643. The highest BCUT2D eigenvalue weighted by Gasteiger charge is 2.09. The van der Waals surface area contributed by atoms with Gasteiger partial charge in [-0.25, -0.2) is 0 Å². The topological polar surface area (TPSA) is 21.3 Å². The van der Waals surface area contributed by atoms with E-state index in [1.807, 2.05) is 0 Å². The minimum Gasteiger partial charge on any atom is -0.382 e. The smallest absolute Gasteiger partial charge is 0.0469 e. The molecule has 2 heteroatoms. The van der Waals surface area contributed by atoms with E-state index < -0.39 is 0 Å². The summed E-state index contributed by atoms with van der Waals surface area (Å²) in [5, 5.41) is 3.53. The van der Waals surface area contributed by atoms with Crippen LogP contribution >= 0.6 is 0 Å². The van der Waals surface area contributed by atoms with Crippen LogP contribution in [0.4, 0.5) is 0 Å². The van der Waals surface area contributed by atoms with Crippen molar-refractivity contribution < 1.29 is 4.74 Å². The monoisotopic (exact) mass is 249 g/mol. The van der Waals surface area contributed by atoms with Gasteiger partial charge in [0.05, 0.1) is 0 Å². The zero-order valence-corrected chi connectivity index (χ0v) is 11.8. The molecule has 0 aliphatic rings. The first-order valence-corrected chi connectivity index (χ1v) is 7.19. The van der Waals surface area contributed by atoms with Gasteiger partial charge in [0, 0.05) is 13.2 Å². The zero-order valence-electron chi connectivity index (χ0n) is 11.8. The highest BCUT2D eigenvalue weighted by molar-refractivity contribution is 5.15. The second-order valence-corrected chi connectivity index (χ2v) is 4.75. The van der Waals surface area contributed by atoms with Crippen LogP contribution in [0.3, 0.4) is 0 Å². The predicted molar refractivity (Wildman–Crippen MR) is 77.9 cm³/mol. The normalized spacial score (nSPS) is 12.6. The molecule has 0 bridgehead atoms. The molecule has 18 heavy (non-hydrogen) atoms. The van der Waals surface area contributed by atoms with Gasteiger partial charge in [-0.3, -0.25) is 0 Å². The van der Waals surface area contributed by atoms with E-state index in [0.717, 1.165) is 39.1 Å². The van der Waals surface area contributed by atoms with Crippen molar-refractivity contribution in [3.05, 3.63) is 35.9 Å². The zero-order chi connectivity index (χ0) is 13.1. The molecular weight excluding hydrogens is 222 g/mol. The van der Waals surface area contributed by atoms with Crippen LogP contribution < -0.4 is 5.32 Å². The Morgan fingerprint density at radius 3 is 2.61 bits per heavy atom. The molecule has 0 spiro atoms. The maximum absolute atomic E-state index is 5.48. The Bertz CT molecular complexity index is 276. The molecular formula is C16H27NO. The fourth-order valence-corrected chi connectivity index (χ4v) is 2.10. The second kappa shape index (κ2) is 10.1. The summed E-state index contributed by atoms with van der Waals surface area (Å²) < 4.78 is 5.48. The van der Waals surface area contributed by atoms with E-state index in [1.54, 1.807) is 0 Å². The minimum absolute atomic E-state index is 0.672. The maximum atomic E-state index is 5.48. The van der Waals surface area contributed by atoms with Crippen molar-refractivity contribution in [2.24, 2.45) is 5.92 Å². The summed E-state index contributed by atoms with van der Waals surface area (Å²) in [6.07, 6.45) is 3.48. The van der Waals surface area contributed by atoms with Crippen LogP contribution in [0.15, 0.2) is 30.3 Å². The lowest BCUT2D eigenvalue weighted by Gasteiger charge is -2.17.